The van der Waals surface area contributed by atoms with Gasteiger partial charge >= 0.3 is 0 Å². The molecule has 4 aromatic carbocycles. The number of hydrogen-bond acceptors (Lipinski definition) is 0. The topological polar surface area (TPSA) is 0 Å². The van der Waals surface area contributed by atoms with Crippen LogP contribution in [0.3, 0.4) is 0 Å². The summed E-state index contributed by atoms with van der Waals surface area (Å²) < 4.78 is 0. The molecule has 0 nitrogen and oxygen atoms in total. The second kappa shape index (κ2) is 12.1. The monoisotopic (exact) mass is 562 g/mol. The summed E-state index contributed by atoms with van der Waals surface area (Å²) in [5.41, 5.74) is 14.5. The molecular weight excluding hydrogens is 518 g/mol. The lowest BCUT2D eigenvalue weighted by molar-refractivity contribution is 0.806. The Kier molecular flexibility index (Phi) is 8.80. The third-order valence-electron chi connectivity index (χ3n) is 8.00. The first-order chi connectivity index (χ1) is 19.0. The Bertz CT molecular complexity index is 1290. The van der Waals surface area contributed by atoms with Gasteiger partial charge in [0.25, 0.3) is 0 Å². The van der Waals surface area contributed by atoms with E-state index in [-0.39, 0.29) is 0 Å². The number of hydrogen-bond donors (Lipinski definition) is 0. The van der Waals surface area contributed by atoms with Gasteiger partial charge in [-0.05, 0) is 118 Å². The average molecular weight is 563 g/mol. The van der Waals surface area contributed by atoms with Gasteiger partial charge in [-0.25, -0.2) is 0 Å². The molecule has 1 aliphatic rings. The van der Waals surface area contributed by atoms with Gasteiger partial charge < -0.3 is 0 Å². The Morgan fingerprint density at radius 3 is 0.725 bits per heavy atom. The lowest BCUT2D eigenvalue weighted by Crippen LogP contribution is -2.22. The number of allylic oxidation sites excluding steroid dienone is 2. The van der Waals surface area contributed by atoms with Crippen molar-refractivity contribution in [1.29, 1.82) is 0 Å². The Morgan fingerprint density at radius 2 is 0.550 bits per heavy atom. The summed E-state index contributed by atoms with van der Waals surface area (Å²) in [5, 5.41) is 6.12. The third kappa shape index (κ3) is 6.85. The summed E-state index contributed by atoms with van der Waals surface area (Å²) in [6, 6.07) is 28.9. The van der Waals surface area contributed by atoms with E-state index < -0.39 is 15.8 Å². The quantitative estimate of drug-likeness (QED) is 0.149. The van der Waals surface area contributed by atoms with E-state index in [4.69, 9.17) is 0 Å². The van der Waals surface area contributed by atoms with Crippen molar-refractivity contribution in [3.8, 4) is 0 Å². The predicted octanol–water partition coefficient (Wildman–Crippen LogP) is 8.81. The molecule has 0 aliphatic heterocycles. The summed E-state index contributed by atoms with van der Waals surface area (Å²) in [6.07, 6.45) is 4.90. The predicted molar refractivity (Wildman–Crippen MR) is 182 cm³/mol. The highest BCUT2D eigenvalue weighted by Gasteiger charge is 2.27. The zero-order valence-corrected chi connectivity index (χ0v) is 27.4. The third-order valence-corrected chi connectivity index (χ3v) is 12.9. The van der Waals surface area contributed by atoms with Crippen molar-refractivity contribution in [2.24, 2.45) is 0 Å². The van der Waals surface area contributed by atoms with Crippen molar-refractivity contribution in [3.63, 3.8) is 0 Å². The fraction of sp³-hybridized carbons (Fsp3) is 0.316. The Balaban J connectivity index is 1.55. The van der Waals surface area contributed by atoms with Gasteiger partial charge in [-0.3, -0.25) is 0 Å². The lowest BCUT2D eigenvalue weighted by Gasteiger charge is -2.32. The van der Waals surface area contributed by atoms with Crippen molar-refractivity contribution in [1.82, 2.24) is 0 Å². The standard InChI is InChI=1S/C38H44P2/c1-25-11-26(2)16-35(15-25)39(36-17-27(3)12-28(4)18-36)23-33-9-10-34(33)24-40(37-19-29(5)13-30(6)20-37)38-21-31(7)14-32(8)22-38/h11-22H,9-10,23-24H2,1-8H3. The first kappa shape index (κ1) is 29.0. The molecule has 40 heavy (non-hydrogen) atoms. The molecule has 5 rings (SSSR count). The maximum atomic E-state index is 2.45. The van der Waals surface area contributed by atoms with Gasteiger partial charge in [0.2, 0.25) is 0 Å². The first-order valence-electron chi connectivity index (χ1n) is 14.6. The minimum Gasteiger partial charge on any atom is -0.0654 e. The molecule has 0 saturated carbocycles. The van der Waals surface area contributed by atoms with Gasteiger partial charge in [0.15, 0.2) is 0 Å². The van der Waals surface area contributed by atoms with Crippen LogP contribution in [-0.2, 0) is 0 Å². The van der Waals surface area contributed by atoms with Crippen LogP contribution in [0.25, 0.3) is 0 Å². The first-order valence-corrected chi connectivity index (χ1v) is 17.7. The van der Waals surface area contributed by atoms with E-state index >= 15 is 0 Å². The molecule has 0 saturated heterocycles. The van der Waals surface area contributed by atoms with Crippen molar-refractivity contribution in [2.75, 3.05) is 12.3 Å². The van der Waals surface area contributed by atoms with Gasteiger partial charge in [-0.15, -0.1) is 0 Å². The summed E-state index contributed by atoms with van der Waals surface area (Å²) in [6.45, 7) is 18.0. The van der Waals surface area contributed by atoms with E-state index in [1.54, 1.807) is 11.1 Å². The molecule has 0 unspecified atom stereocenters. The summed E-state index contributed by atoms with van der Waals surface area (Å²) in [5.74, 6) is 0. The van der Waals surface area contributed by atoms with E-state index in [1.165, 1.54) is 90.9 Å². The highest BCUT2D eigenvalue weighted by atomic mass is 31.1. The van der Waals surface area contributed by atoms with Crippen molar-refractivity contribution >= 4 is 37.1 Å². The average Bonchev–Trinajstić information content (AvgIpc) is 2.81. The van der Waals surface area contributed by atoms with Gasteiger partial charge in [-0.2, -0.15) is 0 Å². The van der Waals surface area contributed by atoms with E-state index in [9.17, 15) is 0 Å². The number of rotatable bonds is 8. The fourth-order valence-electron chi connectivity index (χ4n) is 6.33. The van der Waals surface area contributed by atoms with Crippen LogP contribution >= 0.6 is 15.8 Å². The molecule has 0 spiro atoms. The Morgan fingerprint density at radius 1 is 0.350 bits per heavy atom. The van der Waals surface area contributed by atoms with Crippen LogP contribution in [0.5, 0.6) is 0 Å². The minimum atomic E-state index is -0.441. The molecule has 0 radical (unpaired) electrons. The molecule has 0 amide bonds. The molecule has 0 fully saturated rings. The fourth-order valence-corrected chi connectivity index (χ4v) is 12.1. The van der Waals surface area contributed by atoms with Crippen LogP contribution in [0.1, 0.15) is 57.3 Å². The number of aryl methyl sites for hydroxylation is 8. The molecule has 2 heteroatoms. The van der Waals surface area contributed by atoms with E-state index in [0.717, 1.165) is 0 Å². The zero-order valence-electron chi connectivity index (χ0n) is 25.7. The van der Waals surface area contributed by atoms with Gasteiger partial charge in [0.1, 0.15) is 0 Å². The van der Waals surface area contributed by atoms with Gasteiger partial charge in [0.05, 0.1) is 0 Å². The molecule has 1 aliphatic carbocycles. The van der Waals surface area contributed by atoms with Crippen LogP contribution in [-0.4, -0.2) is 12.3 Å². The highest BCUT2D eigenvalue weighted by molar-refractivity contribution is 7.73. The molecule has 0 N–H and O–H groups in total. The van der Waals surface area contributed by atoms with Crippen molar-refractivity contribution in [2.45, 2.75) is 68.2 Å². The van der Waals surface area contributed by atoms with Crippen LogP contribution < -0.4 is 21.2 Å². The summed E-state index contributed by atoms with van der Waals surface area (Å²) in [4.78, 5) is 0. The normalized spacial score (nSPS) is 13.3. The highest BCUT2D eigenvalue weighted by Crippen LogP contribution is 2.47. The van der Waals surface area contributed by atoms with E-state index in [0.29, 0.717) is 0 Å². The molecule has 0 aromatic heterocycles. The molecule has 0 atom stereocenters. The second-order valence-corrected chi connectivity index (χ2v) is 16.7. The molecule has 206 valence electrons. The van der Waals surface area contributed by atoms with Crippen LogP contribution in [0.15, 0.2) is 83.9 Å². The molecular formula is C38H44P2. The van der Waals surface area contributed by atoms with Crippen LogP contribution in [0.2, 0.25) is 0 Å². The minimum absolute atomic E-state index is 0.441. The van der Waals surface area contributed by atoms with Crippen LogP contribution in [0, 0.1) is 55.4 Å². The van der Waals surface area contributed by atoms with E-state index in [2.05, 4.69) is 128 Å². The second-order valence-electron chi connectivity index (χ2n) is 12.3. The largest absolute Gasteiger partial charge is 0.0654 e. The summed E-state index contributed by atoms with van der Waals surface area (Å²) >= 11 is 0. The maximum Gasteiger partial charge on any atom is -0.00309 e. The van der Waals surface area contributed by atoms with E-state index in [1.807, 2.05) is 0 Å². The molecule has 0 heterocycles. The van der Waals surface area contributed by atoms with Crippen molar-refractivity contribution in [3.05, 3.63) is 128 Å². The van der Waals surface area contributed by atoms with Gasteiger partial charge in [-0.1, -0.05) is 128 Å². The smallest absolute Gasteiger partial charge is 0.00309 e. The molecule has 0 bridgehead atoms. The van der Waals surface area contributed by atoms with Crippen LogP contribution in [0.4, 0.5) is 0 Å². The molecule has 4 aromatic rings. The Labute approximate surface area is 245 Å². The lowest BCUT2D eigenvalue weighted by atomic mass is 9.91. The van der Waals surface area contributed by atoms with Gasteiger partial charge in [0, 0.05) is 0 Å². The zero-order chi connectivity index (χ0) is 28.6. The summed E-state index contributed by atoms with van der Waals surface area (Å²) in [7, 11) is -0.882. The Hall–Kier alpha value is -2.52. The SMILES string of the molecule is Cc1cc(C)cc(P(CC2=C(CP(c3cc(C)cc(C)c3)c3cc(C)cc(C)c3)CC2)c2cc(C)cc(C)c2)c1. The number of benzene rings is 4. The maximum absolute atomic E-state index is 2.45. The van der Waals surface area contributed by atoms with Crippen molar-refractivity contribution < 1.29 is 0 Å².